The molecule has 3 rings (SSSR count). The zero-order valence-electron chi connectivity index (χ0n) is 9.92. The minimum absolute atomic E-state index is 0.0541. The van der Waals surface area contributed by atoms with E-state index in [9.17, 15) is 9.59 Å². The Hall–Kier alpha value is -2.21. The maximum atomic E-state index is 12.2. The zero-order valence-corrected chi connectivity index (χ0v) is 10.7. The number of amides is 2. The Labute approximate surface area is 113 Å². The van der Waals surface area contributed by atoms with Crippen molar-refractivity contribution in [1.82, 2.24) is 20.1 Å². The number of fused-ring (bicyclic) bond motifs is 1. The average Bonchev–Trinajstić information content (AvgIpc) is 2.94. The van der Waals surface area contributed by atoms with Gasteiger partial charge in [0.25, 0.3) is 11.8 Å². The molecule has 0 radical (unpaired) electrons. The van der Waals surface area contributed by atoms with Crippen molar-refractivity contribution in [2.75, 3.05) is 0 Å². The van der Waals surface area contributed by atoms with E-state index >= 15 is 0 Å². The van der Waals surface area contributed by atoms with Gasteiger partial charge in [-0.25, -0.2) is 0 Å². The molecule has 1 atom stereocenters. The first-order valence-corrected chi connectivity index (χ1v) is 6.02. The highest BCUT2D eigenvalue weighted by Crippen LogP contribution is 2.29. The van der Waals surface area contributed by atoms with Crippen molar-refractivity contribution in [2.24, 2.45) is 0 Å². The van der Waals surface area contributed by atoms with Gasteiger partial charge in [0, 0.05) is 0 Å². The van der Waals surface area contributed by atoms with Gasteiger partial charge in [0.15, 0.2) is 0 Å². The zero-order chi connectivity index (χ0) is 13.6. The van der Waals surface area contributed by atoms with Crippen LogP contribution in [0.25, 0.3) is 0 Å². The second-order valence-corrected chi connectivity index (χ2v) is 4.53. The van der Waals surface area contributed by atoms with E-state index in [-0.39, 0.29) is 17.1 Å². The number of nitrogens with one attached hydrogen (secondary N) is 1. The number of aromatic amines is 1. The molecule has 0 spiro atoms. The maximum Gasteiger partial charge on any atom is 0.262 e. The highest BCUT2D eigenvalue weighted by atomic mass is 35.5. The van der Waals surface area contributed by atoms with Gasteiger partial charge in [-0.1, -0.05) is 12.1 Å². The van der Waals surface area contributed by atoms with Crippen LogP contribution in [0, 0.1) is 0 Å². The lowest BCUT2D eigenvalue weighted by atomic mass is 10.1. The summed E-state index contributed by atoms with van der Waals surface area (Å²) in [4.78, 5) is 29.6. The molecule has 7 heteroatoms. The van der Waals surface area contributed by atoms with E-state index in [2.05, 4.69) is 15.2 Å². The summed E-state index contributed by atoms with van der Waals surface area (Å²) in [6.07, 6.45) is 0. The number of halogens is 1. The molecule has 0 unspecified atom stereocenters. The van der Waals surface area contributed by atoms with Crippen LogP contribution in [0.5, 0.6) is 0 Å². The van der Waals surface area contributed by atoms with Gasteiger partial charge in [-0.3, -0.25) is 19.6 Å². The van der Waals surface area contributed by atoms with Crippen molar-refractivity contribution < 1.29 is 9.59 Å². The molecule has 0 aliphatic carbocycles. The van der Waals surface area contributed by atoms with Crippen LogP contribution in [0.1, 0.15) is 39.5 Å². The van der Waals surface area contributed by atoms with Crippen LogP contribution in [-0.4, -0.2) is 31.9 Å². The number of imide groups is 1. The minimum atomic E-state index is -0.549. The number of aromatic nitrogens is 3. The van der Waals surface area contributed by atoms with Crippen molar-refractivity contribution in [3.05, 3.63) is 46.5 Å². The number of carbonyl (C=O) groups is 2. The normalized spacial score (nSPS) is 15.8. The lowest BCUT2D eigenvalue weighted by molar-refractivity contribution is 0.0589. The third-order valence-corrected chi connectivity index (χ3v) is 3.25. The van der Waals surface area contributed by atoms with Gasteiger partial charge in [0.2, 0.25) is 5.28 Å². The highest BCUT2D eigenvalue weighted by molar-refractivity contribution is 6.28. The fourth-order valence-corrected chi connectivity index (χ4v) is 2.25. The third kappa shape index (κ3) is 1.72. The Morgan fingerprint density at radius 2 is 1.79 bits per heavy atom. The van der Waals surface area contributed by atoms with Crippen molar-refractivity contribution in [3.8, 4) is 0 Å². The number of carbonyl (C=O) groups excluding carboxylic acids is 2. The van der Waals surface area contributed by atoms with Crippen molar-refractivity contribution in [3.63, 3.8) is 0 Å². The molecular formula is C12H9ClN4O2. The van der Waals surface area contributed by atoms with E-state index < -0.39 is 6.04 Å². The quantitative estimate of drug-likeness (QED) is 0.849. The molecule has 2 heterocycles. The summed E-state index contributed by atoms with van der Waals surface area (Å²) in [6.45, 7) is 1.69. The summed E-state index contributed by atoms with van der Waals surface area (Å²) < 4.78 is 0. The number of hydrogen-bond acceptors (Lipinski definition) is 4. The monoisotopic (exact) mass is 276 g/mol. The minimum Gasteiger partial charge on any atom is -0.269 e. The molecule has 1 aliphatic heterocycles. The van der Waals surface area contributed by atoms with Crippen molar-refractivity contribution in [1.29, 1.82) is 0 Å². The lowest BCUT2D eigenvalue weighted by Crippen LogP contribution is -2.33. The van der Waals surface area contributed by atoms with Gasteiger partial charge in [-0.15, -0.1) is 5.10 Å². The molecule has 2 amide bonds. The molecule has 19 heavy (non-hydrogen) atoms. The fraction of sp³-hybridized carbons (Fsp3) is 0.167. The van der Waals surface area contributed by atoms with Crippen LogP contribution in [-0.2, 0) is 0 Å². The van der Waals surface area contributed by atoms with Gasteiger partial charge in [-0.05, 0) is 30.7 Å². The lowest BCUT2D eigenvalue weighted by Gasteiger charge is -2.19. The number of nitrogens with zero attached hydrogens (tertiary/aromatic N) is 3. The first-order chi connectivity index (χ1) is 9.09. The predicted molar refractivity (Wildman–Crippen MR) is 66.7 cm³/mol. The van der Waals surface area contributed by atoms with E-state index in [0.717, 1.165) is 4.90 Å². The number of hydrogen-bond donors (Lipinski definition) is 1. The molecule has 1 aliphatic rings. The summed E-state index contributed by atoms with van der Waals surface area (Å²) in [5, 5.41) is 6.35. The Kier molecular flexibility index (Phi) is 2.60. The van der Waals surface area contributed by atoms with E-state index in [1.165, 1.54) is 0 Å². The molecule has 2 aromatic rings. The fourth-order valence-electron chi connectivity index (χ4n) is 2.12. The maximum absolute atomic E-state index is 12.2. The highest BCUT2D eigenvalue weighted by Gasteiger charge is 2.39. The molecule has 0 fully saturated rings. The molecule has 0 bridgehead atoms. The molecular weight excluding hydrogens is 268 g/mol. The first-order valence-electron chi connectivity index (χ1n) is 5.64. The molecule has 0 saturated heterocycles. The van der Waals surface area contributed by atoms with Gasteiger partial charge >= 0.3 is 0 Å². The summed E-state index contributed by atoms with van der Waals surface area (Å²) in [5.41, 5.74) is 0.815. The van der Waals surface area contributed by atoms with Crippen LogP contribution in [0.2, 0.25) is 5.28 Å². The van der Waals surface area contributed by atoms with Crippen molar-refractivity contribution >= 4 is 23.4 Å². The van der Waals surface area contributed by atoms with E-state index in [0.29, 0.717) is 17.0 Å². The molecule has 96 valence electrons. The van der Waals surface area contributed by atoms with E-state index in [4.69, 9.17) is 11.6 Å². The van der Waals surface area contributed by atoms with Crippen LogP contribution in [0.4, 0.5) is 0 Å². The summed E-state index contributed by atoms with van der Waals surface area (Å²) in [5.74, 6) is -0.291. The summed E-state index contributed by atoms with van der Waals surface area (Å²) in [7, 11) is 0. The van der Waals surface area contributed by atoms with Gasteiger partial charge in [-0.2, -0.15) is 4.98 Å². The molecule has 1 N–H and O–H groups in total. The Morgan fingerprint density at radius 1 is 1.21 bits per heavy atom. The number of benzene rings is 1. The van der Waals surface area contributed by atoms with Crippen molar-refractivity contribution in [2.45, 2.75) is 13.0 Å². The molecule has 1 aromatic carbocycles. The average molecular weight is 277 g/mol. The number of rotatable bonds is 2. The smallest absolute Gasteiger partial charge is 0.262 e. The first kappa shape index (κ1) is 11.9. The Morgan fingerprint density at radius 3 is 2.26 bits per heavy atom. The topological polar surface area (TPSA) is 79.0 Å². The number of H-pyrrole nitrogens is 1. The van der Waals surface area contributed by atoms with Gasteiger partial charge in [0.05, 0.1) is 17.2 Å². The van der Waals surface area contributed by atoms with E-state index in [1.54, 1.807) is 31.2 Å². The van der Waals surface area contributed by atoms with E-state index in [1.807, 2.05) is 0 Å². The van der Waals surface area contributed by atoms with Crippen LogP contribution in [0.3, 0.4) is 0 Å². The summed E-state index contributed by atoms with van der Waals surface area (Å²) in [6, 6.07) is 6.17. The van der Waals surface area contributed by atoms with Gasteiger partial charge in [0.1, 0.15) is 5.82 Å². The van der Waals surface area contributed by atoms with Crippen LogP contribution >= 0.6 is 11.6 Å². The SMILES string of the molecule is C[C@@H](c1nc(Cl)n[nH]1)N1C(=O)c2ccccc2C1=O. The largest absolute Gasteiger partial charge is 0.269 e. The van der Waals surface area contributed by atoms with Gasteiger partial charge < -0.3 is 0 Å². The van der Waals surface area contributed by atoms with Crippen LogP contribution in [0.15, 0.2) is 24.3 Å². The molecule has 0 saturated carbocycles. The molecule has 1 aromatic heterocycles. The van der Waals surface area contributed by atoms with Crippen LogP contribution < -0.4 is 0 Å². The second kappa shape index (κ2) is 4.17. The summed E-state index contributed by atoms with van der Waals surface area (Å²) >= 11 is 5.63. The molecule has 6 nitrogen and oxygen atoms in total. The third-order valence-electron chi connectivity index (χ3n) is 3.08. The predicted octanol–water partition coefficient (Wildman–Crippen LogP) is 1.82. The second-order valence-electron chi connectivity index (χ2n) is 4.19. The standard InChI is InChI=1S/C12H9ClN4O2/c1-6(9-14-12(13)16-15-9)17-10(18)7-4-2-3-5-8(7)11(17)19/h2-6H,1H3,(H,14,15,16)/t6-/m0/s1. The Balaban J connectivity index is 2.00. The Bertz CT molecular complexity index is 647.